The molecule has 1 amide bonds. The maximum absolute atomic E-state index is 12.2. The monoisotopic (exact) mass is 367 g/mol. The van der Waals surface area contributed by atoms with Gasteiger partial charge < -0.3 is 19.5 Å². The highest BCUT2D eigenvalue weighted by atomic mass is 16.5. The number of carbonyl (C=O) groups excluding carboxylic acids is 1. The zero-order valence-electron chi connectivity index (χ0n) is 15.4. The number of hydrogen-bond donors (Lipinski definition) is 1. The van der Waals surface area contributed by atoms with Gasteiger partial charge in [0.15, 0.2) is 0 Å². The molecule has 2 aromatic rings. The normalized spacial score (nSPS) is 25.9. The summed E-state index contributed by atoms with van der Waals surface area (Å²) in [6.45, 7) is 6.90. The van der Waals surface area contributed by atoms with Crippen LogP contribution in [0.1, 0.15) is 37.2 Å². The first-order valence-electron chi connectivity index (χ1n) is 9.85. The van der Waals surface area contributed by atoms with Gasteiger partial charge in [0.2, 0.25) is 5.91 Å². The molecule has 5 rings (SSSR count). The van der Waals surface area contributed by atoms with E-state index in [9.17, 15) is 4.79 Å². The molecule has 3 saturated heterocycles. The SMILES string of the molecule is C=CC(=O)N1CCC2CC1CN2c1ncnc2[nH]cc(C3CCOCC3)c12. The zero-order chi connectivity index (χ0) is 18.4. The Labute approximate surface area is 158 Å². The van der Waals surface area contributed by atoms with Gasteiger partial charge in [-0.2, -0.15) is 0 Å². The molecule has 2 aromatic heterocycles. The smallest absolute Gasteiger partial charge is 0.246 e. The van der Waals surface area contributed by atoms with Crippen molar-refractivity contribution in [2.45, 2.75) is 43.7 Å². The van der Waals surface area contributed by atoms with Gasteiger partial charge >= 0.3 is 0 Å². The van der Waals surface area contributed by atoms with Crippen molar-refractivity contribution in [3.63, 3.8) is 0 Å². The van der Waals surface area contributed by atoms with Crippen molar-refractivity contribution < 1.29 is 9.53 Å². The third kappa shape index (κ3) is 2.72. The number of H-pyrrole nitrogens is 1. The second-order valence-electron chi connectivity index (χ2n) is 7.77. The van der Waals surface area contributed by atoms with E-state index < -0.39 is 0 Å². The minimum absolute atomic E-state index is 0.0395. The van der Waals surface area contributed by atoms with Crippen LogP contribution in [0.15, 0.2) is 25.2 Å². The van der Waals surface area contributed by atoms with E-state index in [1.807, 2.05) is 4.90 Å². The molecule has 1 N–H and O–H groups in total. The van der Waals surface area contributed by atoms with Crippen molar-refractivity contribution in [2.24, 2.45) is 0 Å². The first kappa shape index (κ1) is 16.7. The number of nitrogens with one attached hydrogen (secondary N) is 1. The third-order valence-corrected chi connectivity index (χ3v) is 6.41. The van der Waals surface area contributed by atoms with Crippen LogP contribution in [0.5, 0.6) is 0 Å². The number of nitrogens with zero attached hydrogens (tertiary/aromatic N) is 4. The molecule has 0 radical (unpaired) electrons. The lowest BCUT2D eigenvalue weighted by atomic mass is 9.92. The highest BCUT2D eigenvalue weighted by molar-refractivity contribution is 5.92. The number of amides is 1. The van der Waals surface area contributed by atoms with Crippen LogP contribution < -0.4 is 4.90 Å². The van der Waals surface area contributed by atoms with Crippen LogP contribution >= 0.6 is 0 Å². The molecule has 2 bridgehead atoms. The van der Waals surface area contributed by atoms with Gasteiger partial charge in [0, 0.05) is 38.5 Å². The molecule has 0 spiro atoms. The van der Waals surface area contributed by atoms with Gasteiger partial charge in [-0.3, -0.25) is 4.79 Å². The summed E-state index contributed by atoms with van der Waals surface area (Å²) in [4.78, 5) is 29.1. The van der Waals surface area contributed by atoms with E-state index in [0.717, 1.165) is 68.8 Å². The quantitative estimate of drug-likeness (QED) is 0.842. The minimum Gasteiger partial charge on any atom is -0.381 e. The molecular formula is C20H25N5O2. The number of piperidine rings is 1. The topological polar surface area (TPSA) is 74.4 Å². The second-order valence-corrected chi connectivity index (χ2v) is 7.77. The fourth-order valence-corrected chi connectivity index (χ4v) is 5.05. The maximum atomic E-state index is 12.2. The van der Waals surface area contributed by atoms with Gasteiger partial charge in [-0.05, 0) is 43.2 Å². The van der Waals surface area contributed by atoms with E-state index in [4.69, 9.17) is 9.72 Å². The van der Waals surface area contributed by atoms with E-state index in [1.54, 1.807) is 6.33 Å². The molecule has 7 heteroatoms. The van der Waals surface area contributed by atoms with Crippen molar-refractivity contribution in [2.75, 3.05) is 31.2 Å². The van der Waals surface area contributed by atoms with E-state index in [0.29, 0.717) is 12.0 Å². The molecule has 142 valence electrons. The summed E-state index contributed by atoms with van der Waals surface area (Å²) in [6.07, 6.45) is 9.23. The summed E-state index contributed by atoms with van der Waals surface area (Å²) >= 11 is 0. The molecule has 3 aliphatic rings. The van der Waals surface area contributed by atoms with E-state index in [1.165, 1.54) is 11.6 Å². The molecule has 0 aromatic carbocycles. The molecule has 0 aliphatic carbocycles. The molecule has 7 nitrogen and oxygen atoms in total. The van der Waals surface area contributed by atoms with Crippen LogP contribution in [0.2, 0.25) is 0 Å². The van der Waals surface area contributed by atoms with Gasteiger partial charge in [0.05, 0.1) is 11.4 Å². The van der Waals surface area contributed by atoms with Gasteiger partial charge in [-0.15, -0.1) is 0 Å². The Kier molecular flexibility index (Phi) is 4.11. The standard InChI is InChI=1S/C20H25N5O2/c1-2-17(26)24-6-3-14-9-15(24)11-25(14)20-18-16(13-4-7-27-8-5-13)10-21-19(18)22-12-23-20/h2,10,12-15H,1,3-9,11H2,(H,21,22,23). The zero-order valence-corrected chi connectivity index (χ0v) is 15.4. The molecular weight excluding hydrogens is 342 g/mol. The van der Waals surface area contributed by atoms with Crippen LogP contribution in [0.4, 0.5) is 5.82 Å². The minimum atomic E-state index is 0.0395. The predicted molar refractivity (Wildman–Crippen MR) is 103 cm³/mol. The number of likely N-dealkylation sites (tertiary alicyclic amines) is 1. The Morgan fingerprint density at radius 3 is 2.93 bits per heavy atom. The Morgan fingerprint density at radius 1 is 1.26 bits per heavy atom. The second kappa shape index (κ2) is 6.64. The fourth-order valence-electron chi connectivity index (χ4n) is 5.05. The van der Waals surface area contributed by atoms with E-state index >= 15 is 0 Å². The molecule has 3 aliphatic heterocycles. The number of fused-ring (bicyclic) bond motifs is 3. The Bertz CT molecular complexity index is 872. The van der Waals surface area contributed by atoms with E-state index in [-0.39, 0.29) is 11.9 Å². The number of hydrogen-bond acceptors (Lipinski definition) is 5. The average molecular weight is 367 g/mol. The summed E-state index contributed by atoms with van der Waals surface area (Å²) < 4.78 is 5.54. The number of carbonyl (C=O) groups is 1. The van der Waals surface area contributed by atoms with Gasteiger partial charge in [0.1, 0.15) is 17.8 Å². The molecule has 3 fully saturated rings. The van der Waals surface area contributed by atoms with Gasteiger partial charge in [-0.1, -0.05) is 6.58 Å². The third-order valence-electron chi connectivity index (χ3n) is 6.41. The first-order chi connectivity index (χ1) is 13.3. The molecule has 27 heavy (non-hydrogen) atoms. The summed E-state index contributed by atoms with van der Waals surface area (Å²) in [6, 6.07) is 0.671. The summed E-state index contributed by atoms with van der Waals surface area (Å²) in [5.41, 5.74) is 2.21. The molecule has 5 heterocycles. The van der Waals surface area contributed by atoms with Crippen molar-refractivity contribution >= 4 is 22.8 Å². The number of rotatable bonds is 3. The lowest BCUT2D eigenvalue weighted by molar-refractivity contribution is -0.128. The van der Waals surface area contributed by atoms with Crippen LogP contribution in [0.25, 0.3) is 11.0 Å². The fraction of sp³-hybridized carbons (Fsp3) is 0.550. The number of ether oxygens (including phenoxy) is 1. The molecule has 2 atom stereocenters. The molecule has 0 saturated carbocycles. The Morgan fingerprint density at radius 2 is 2.11 bits per heavy atom. The Balaban J connectivity index is 1.51. The van der Waals surface area contributed by atoms with Crippen LogP contribution in [-0.2, 0) is 9.53 Å². The van der Waals surface area contributed by atoms with E-state index in [2.05, 4.69) is 27.6 Å². The van der Waals surface area contributed by atoms with Crippen molar-refractivity contribution in [1.82, 2.24) is 19.9 Å². The maximum Gasteiger partial charge on any atom is 0.246 e. The average Bonchev–Trinajstić information content (AvgIpc) is 3.29. The number of aromatic nitrogens is 3. The van der Waals surface area contributed by atoms with Crippen molar-refractivity contribution in [1.29, 1.82) is 0 Å². The highest BCUT2D eigenvalue weighted by Crippen LogP contribution is 2.40. The largest absolute Gasteiger partial charge is 0.381 e. The lowest BCUT2D eigenvalue weighted by Crippen LogP contribution is -2.43. The summed E-state index contributed by atoms with van der Waals surface area (Å²) in [7, 11) is 0. The lowest BCUT2D eigenvalue weighted by Gasteiger charge is -2.31. The van der Waals surface area contributed by atoms with Crippen molar-refractivity contribution in [3.05, 3.63) is 30.7 Å². The number of aromatic amines is 1. The van der Waals surface area contributed by atoms with Gasteiger partial charge in [0.25, 0.3) is 0 Å². The first-order valence-corrected chi connectivity index (χ1v) is 9.85. The Hall–Kier alpha value is -2.41. The van der Waals surface area contributed by atoms with Crippen LogP contribution in [-0.4, -0.2) is 64.1 Å². The number of anilines is 1. The van der Waals surface area contributed by atoms with Crippen LogP contribution in [0, 0.1) is 0 Å². The van der Waals surface area contributed by atoms with Gasteiger partial charge in [-0.25, -0.2) is 9.97 Å². The highest BCUT2D eigenvalue weighted by Gasteiger charge is 2.42. The summed E-state index contributed by atoms with van der Waals surface area (Å²) in [5.74, 6) is 1.54. The van der Waals surface area contributed by atoms with Crippen LogP contribution in [0.3, 0.4) is 0 Å². The van der Waals surface area contributed by atoms with Crippen molar-refractivity contribution in [3.8, 4) is 0 Å². The summed E-state index contributed by atoms with van der Waals surface area (Å²) in [5, 5.41) is 1.15. The molecule has 2 unspecified atom stereocenters. The predicted octanol–water partition coefficient (Wildman–Crippen LogP) is 2.22.